The average molecular weight is 462 g/mol. The van der Waals surface area contributed by atoms with Crippen LogP contribution in [0.2, 0.25) is 5.02 Å². The molecule has 1 fully saturated rings. The van der Waals surface area contributed by atoms with E-state index in [1.165, 1.54) is 12.1 Å². The summed E-state index contributed by atoms with van der Waals surface area (Å²) in [5.41, 5.74) is 3.32. The zero-order valence-corrected chi connectivity index (χ0v) is 18.7. The Labute approximate surface area is 195 Å². The standard InChI is InChI=1S/C26H21ClFN3O2/c1-30-13-12-17(26(30)33)15-24(32)16-6-11-21-23(14-16)31(19-9-7-18(28)8-10-19)29-25(21)20-4-2-3-5-22(20)27/h2-11,14,17H,12-13,15H2,1H3. The molecule has 0 radical (unpaired) electrons. The number of aromatic nitrogens is 2. The van der Waals surface area contributed by atoms with Gasteiger partial charge >= 0.3 is 0 Å². The topological polar surface area (TPSA) is 55.2 Å². The third kappa shape index (κ3) is 3.91. The molecule has 1 unspecified atom stereocenters. The summed E-state index contributed by atoms with van der Waals surface area (Å²) < 4.78 is 15.2. The molecule has 0 bridgehead atoms. The Morgan fingerprint density at radius 3 is 2.58 bits per heavy atom. The van der Waals surface area contributed by atoms with Gasteiger partial charge in [0.1, 0.15) is 11.5 Å². The molecule has 1 aromatic heterocycles. The number of halogens is 2. The predicted octanol–water partition coefficient (Wildman–Crippen LogP) is 5.54. The molecule has 0 aliphatic carbocycles. The Hall–Kier alpha value is -3.51. The van der Waals surface area contributed by atoms with Crippen molar-refractivity contribution in [2.24, 2.45) is 5.92 Å². The highest BCUT2D eigenvalue weighted by atomic mass is 35.5. The van der Waals surface area contributed by atoms with Crippen molar-refractivity contribution in [3.63, 3.8) is 0 Å². The number of fused-ring (bicyclic) bond motifs is 1. The first-order chi connectivity index (χ1) is 15.9. The average Bonchev–Trinajstić information content (AvgIpc) is 3.35. The molecule has 2 heterocycles. The first-order valence-corrected chi connectivity index (χ1v) is 11.1. The van der Waals surface area contributed by atoms with Crippen molar-refractivity contribution in [1.29, 1.82) is 0 Å². The molecule has 0 N–H and O–H groups in total. The molecular weight excluding hydrogens is 441 g/mol. The van der Waals surface area contributed by atoms with Gasteiger partial charge in [0.25, 0.3) is 0 Å². The third-order valence-electron chi connectivity index (χ3n) is 6.17. The number of nitrogens with zero attached hydrogens (tertiary/aromatic N) is 3. The Bertz CT molecular complexity index is 1380. The van der Waals surface area contributed by atoms with Gasteiger partial charge in [-0.3, -0.25) is 9.59 Å². The Morgan fingerprint density at radius 1 is 1.12 bits per heavy atom. The lowest BCUT2D eigenvalue weighted by molar-refractivity contribution is -0.129. The van der Waals surface area contributed by atoms with Crippen molar-refractivity contribution in [2.45, 2.75) is 12.8 Å². The van der Waals surface area contributed by atoms with Crippen molar-refractivity contribution >= 4 is 34.2 Å². The van der Waals surface area contributed by atoms with Crippen LogP contribution in [0.4, 0.5) is 4.39 Å². The molecule has 1 amide bonds. The van der Waals surface area contributed by atoms with E-state index in [2.05, 4.69) is 0 Å². The molecule has 3 aromatic carbocycles. The van der Waals surface area contributed by atoms with Crippen LogP contribution in [-0.2, 0) is 4.79 Å². The van der Waals surface area contributed by atoms with Gasteiger partial charge in [-0.2, -0.15) is 5.10 Å². The summed E-state index contributed by atoms with van der Waals surface area (Å²) in [7, 11) is 1.76. The van der Waals surface area contributed by atoms with Crippen molar-refractivity contribution in [3.8, 4) is 16.9 Å². The van der Waals surface area contributed by atoms with E-state index in [0.717, 1.165) is 10.9 Å². The minimum Gasteiger partial charge on any atom is -0.345 e. The maximum Gasteiger partial charge on any atom is 0.225 e. The number of hydrogen-bond donors (Lipinski definition) is 0. The number of benzene rings is 3. The van der Waals surface area contributed by atoms with Gasteiger partial charge in [-0.05, 0) is 48.9 Å². The van der Waals surface area contributed by atoms with Gasteiger partial charge < -0.3 is 4.90 Å². The fourth-order valence-corrected chi connectivity index (χ4v) is 4.57. The smallest absolute Gasteiger partial charge is 0.225 e. The number of ketones is 1. The Morgan fingerprint density at radius 2 is 1.88 bits per heavy atom. The number of Topliss-reactive ketones (excluding diaryl/α,β-unsaturated/α-hetero) is 1. The quantitative estimate of drug-likeness (QED) is 0.367. The first-order valence-electron chi connectivity index (χ1n) is 10.7. The van der Waals surface area contributed by atoms with Crippen molar-refractivity contribution in [2.75, 3.05) is 13.6 Å². The second kappa shape index (κ2) is 8.45. The highest BCUT2D eigenvalue weighted by molar-refractivity contribution is 6.33. The highest BCUT2D eigenvalue weighted by Gasteiger charge is 2.31. The summed E-state index contributed by atoms with van der Waals surface area (Å²) in [6.45, 7) is 0.675. The molecule has 0 saturated carbocycles. The fourth-order valence-electron chi connectivity index (χ4n) is 4.35. The summed E-state index contributed by atoms with van der Waals surface area (Å²) in [6.07, 6.45) is 0.865. The van der Waals surface area contributed by atoms with E-state index >= 15 is 0 Å². The maximum atomic E-state index is 13.5. The minimum atomic E-state index is -0.344. The lowest BCUT2D eigenvalue weighted by atomic mass is 9.96. The van der Waals surface area contributed by atoms with Crippen molar-refractivity contribution in [1.82, 2.24) is 14.7 Å². The van der Waals surface area contributed by atoms with Gasteiger partial charge in [0.05, 0.1) is 16.2 Å². The molecule has 5 rings (SSSR count). The summed E-state index contributed by atoms with van der Waals surface area (Å²) in [5.74, 6) is -0.694. The van der Waals surface area contributed by atoms with Crippen LogP contribution in [0.25, 0.3) is 27.8 Å². The van der Waals surface area contributed by atoms with E-state index < -0.39 is 0 Å². The molecule has 1 aliphatic rings. The van der Waals surface area contributed by atoms with Crippen molar-refractivity contribution < 1.29 is 14.0 Å². The van der Waals surface area contributed by atoms with E-state index in [4.69, 9.17) is 16.7 Å². The second-order valence-corrected chi connectivity index (χ2v) is 8.73. The van der Waals surface area contributed by atoms with Gasteiger partial charge in [0.2, 0.25) is 5.91 Å². The SMILES string of the molecule is CN1CCC(CC(=O)c2ccc3c(-c4ccccc4Cl)nn(-c4ccc(F)cc4)c3c2)C1=O. The maximum absolute atomic E-state index is 13.5. The largest absolute Gasteiger partial charge is 0.345 e. The van der Waals surface area contributed by atoms with E-state index in [9.17, 15) is 14.0 Å². The van der Waals surface area contributed by atoms with Gasteiger partial charge in [0.15, 0.2) is 5.78 Å². The zero-order valence-electron chi connectivity index (χ0n) is 18.0. The third-order valence-corrected chi connectivity index (χ3v) is 6.50. The lowest BCUT2D eigenvalue weighted by Crippen LogP contribution is -2.23. The van der Waals surface area contributed by atoms with E-state index in [1.54, 1.807) is 47.0 Å². The number of likely N-dealkylation sites (tertiary alicyclic amines) is 1. The van der Waals surface area contributed by atoms with Gasteiger partial charge in [0, 0.05) is 42.4 Å². The van der Waals surface area contributed by atoms with Crippen LogP contribution in [-0.4, -0.2) is 40.0 Å². The number of carbonyl (C=O) groups is 2. The van der Waals surface area contributed by atoms with E-state index in [1.807, 2.05) is 24.3 Å². The van der Waals surface area contributed by atoms with Gasteiger partial charge in [-0.25, -0.2) is 9.07 Å². The molecule has 5 nitrogen and oxygen atoms in total. The van der Waals surface area contributed by atoms with Crippen LogP contribution < -0.4 is 0 Å². The monoisotopic (exact) mass is 461 g/mol. The van der Waals surface area contributed by atoms with Crippen LogP contribution in [0.5, 0.6) is 0 Å². The molecular formula is C26H21ClFN3O2. The predicted molar refractivity (Wildman–Crippen MR) is 126 cm³/mol. The first kappa shape index (κ1) is 21.3. The van der Waals surface area contributed by atoms with E-state index in [-0.39, 0.29) is 29.8 Å². The van der Waals surface area contributed by atoms with Crippen LogP contribution in [0, 0.1) is 11.7 Å². The second-order valence-electron chi connectivity index (χ2n) is 8.32. The Kier molecular flexibility index (Phi) is 5.46. The lowest BCUT2D eigenvalue weighted by Gasteiger charge is -2.10. The molecule has 4 aromatic rings. The van der Waals surface area contributed by atoms with Crippen LogP contribution in [0.3, 0.4) is 0 Å². The molecule has 0 spiro atoms. The number of rotatable bonds is 5. The summed E-state index contributed by atoms with van der Waals surface area (Å²) in [5, 5.41) is 6.17. The van der Waals surface area contributed by atoms with E-state index in [0.29, 0.717) is 40.4 Å². The minimum absolute atomic E-state index is 0.0155. The summed E-state index contributed by atoms with van der Waals surface area (Å²) in [4.78, 5) is 27.0. The molecule has 166 valence electrons. The van der Waals surface area contributed by atoms with Crippen LogP contribution in [0.15, 0.2) is 66.7 Å². The Balaban J connectivity index is 1.61. The van der Waals surface area contributed by atoms with Crippen LogP contribution in [0.1, 0.15) is 23.2 Å². The zero-order chi connectivity index (χ0) is 23.1. The molecule has 33 heavy (non-hydrogen) atoms. The van der Waals surface area contributed by atoms with Crippen molar-refractivity contribution in [3.05, 3.63) is 83.1 Å². The summed E-state index contributed by atoms with van der Waals surface area (Å²) in [6, 6.07) is 18.9. The highest BCUT2D eigenvalue weighted by Crippen LogP contribution is 2.35. The normalized spacial score (nSPS) is 16.0. The number of carbonyl (C=O) groups excluding carboxylic acids is 2. The molecule has 1 atom stereocenters. The number of hydrogen-bond acceptors (Lipinski definition) is 3. The fraction of sp³-hybridized carbons (Fsp3) is 0.192. The summed E-state index contributed by atoms with van der Waals surface area (Å²) >= 11 is 6.45. The molecule has 7 heteroatoms. The molecule has 1 saturated heterocycles. The number of amides is 1. The van der Waals surface area contributed by atoms with Gasteiger partial charge in [-0.1, -0.05) is 35.9 Å². The van der Waals surface area contributed by atoms with Gasteiger partial charge in [-0.15, -0.1) is 0 Å². The molecule has 1 aliphatic heterocycles. The van der Waals surface area contributed by atoms with Crippen LogP contribution >= 0.6 is 11.6 Å².